The van der Waals surface area contributed by atoms with Crippen molar-refractivity contribution in [1.29, 1.82) is 0 Å². The van der Waals surface area contributed by atoms with E-state index < -0.39 is 18.1 Å². The highest BCUT2D eigenvalue weighted by atomic mass is 16.3. The van der Waals surface area contributed by atoms with Gasteiger partial charge in [0, 0.05) is 17.8 Å². The Morgan fingerprint density at radius 1 is 1.20 bits per heavy atom. The quantitative estimate of drug-likeness (QED) is 0.806. The van der Waals surface area contributed by atoms with Crippen LogP contribution < -0.4 is 0 Å². The molecule has 7 atom stereocenters. The van der Waals surface area contributed by atoms with E-state index in [0.29, 0.717) is 24.2 Å². The van der Waals surface area contributed by atoms with Crippen LogP contribution in [0.3, 0.4) is 0 Å². The second kappa shape index (κ2) is 5.75. The summed E-state index contributed by atoms with van der Waals surface area (Å²) in [6.45, 7) is 3.96. The highest BCUT2D eigenvalue weighted by Gasteiger charge is 2.63. The first kappa shape index (κ1) is 17.4. The molecule has 0 aliphatic heterocycles. The van der Waals surface area contributed by atoms with E-state index in [9.17, 15) is 19.8 Å². The van der Waals surface area contributed by atoms with Crippen LogP contribution in [0, 0.1) is 34.5 Å². The molecule has 4 rings (SSSR count). The summed E-state index contributed by atoms with van der Waals surface area (Å²) in [5.41, 5.74) is 0.920. The lowest BCUT2D eigenvalue weighted by atomic mass is 9.46. The summed E-state index contributed by atoms with van der Waals surface area (Å²) in [7, 11) is 0. The van der Waals surface area contributed by atoms with Crippen molar-refractivity contribution in [2.45, 2.75) is 64.9 Å². The molecule has 4 nitrogen and oxygen atoms in total. The van der Waals surface area contributed by atoms with Crippen LogP contribution in [0.25, 0.3) is 0 Å². The van der Waals surface area contributed by atoms with Crippen LogP contribution in [0.4, 0.5) is 0 Å². The standard InChI is InChI=1S/C21H30O4/c1-20-8-7-13(23)9-12(20)3-4-14-15-5-6-16(18(24)11-22)21(15,2)19(25)10-17(14)20/h9,14-17,19,22,25H,3-8,10-11H2,1-2H3/t14-,15-,16+,17-,19+,20-,21-/m0/s1. The smallest absolute Gasteiger partial charge is 0.161 e. The van der Waals surface area contributed by atoms with Gasteiger partial charge in [0.25, 0.3) is 0 Å². The second-order valence-electron chi connectivity index (χ2n) is 9.34. The van der Waals surface area contributed by atoms with Gasteiger partial charge < -0.3 is 10.2 Å². The number of aliphatic hydroxyl groups is 2. The normalized spacial score (nSPS) is 49.0. The summed E-state index contributed by atoms with van der Waals surface area (Å²) < 4.78 is 0. The summed E-state index contributed by atoms with van der Waals surface area (Å²) in [5, 5.41) is 20.5. The van der Waals surface area contributed by atoms with E-state index in [4.69, 9.17) is 0 Å². The highest BCUT2D eigenvalue weighted by Crippen LogP contribution is 2.66. The molecule has 0 unspecified atom stereocenters. The molecule has 0 radical (unpaired) electrons. The van der Waals surface area contributed by atoms with Crippen LogP contribution in [0.5, 0.6) is 0 Å². The molecule has 0 aromatic rings. The molecule has 0 amide bonds. The van der Waals surface area contributed by atoms with E-state index in [1.807, 2.05) is 6.08 Å². The third-order valence-electron chi connectivity index (χ3n) is 8.61. The van der Waals surface area contributed by atoms with Gasteiger partial charge in [-0.1, -0.05) is 19.4 Å². The molecule has 0 heterocycles. The van der Waals surface area contributed by atoms with Crippen LogP contribution >= 0.6 is 0 Å². The van der Waals surface area contributed by atoms with Crippen LogP contribution in [0.2, 0.25) is 0 Å². The average Bonchev–Trinajstić information content (AvgIpc) is 2.95. The van der Waals surface area contributed by atoms with E-state index in [1.165, 1.54) is 5.57 Å². The fraction of sp³-hybridized carbons (Fsp3) is 0.810. The van der Waals surface area contributed by atoms with Crippen molar-refractivity contribution < 1.29 is 19.8 Å². The topological polar surface area (TPSA) is 74.6 Å². The van der Waals surface area contributed by atoms with Gasteiger partial charge in [-0.15, -0.1) is 0 Å². The summed E-state index contributed by atoms with van der Waals surface area (Å²) in [6.07, 6.45) is 7.41. The molecule has 0 saturated heterocycles. The lowest BCUT2D eigenvalue weighted by molar-refractivity contribution is -0.152. The number of carbonyl (C=O) groups excluding carboxylic acids is 2. The van der Waals surface area contributed by atoms with Crippen LogP contribution in [-0.4, -0.2) is 34.5 Å². The zero-order valence-corrected chi connectivity index (χ0v) is 15.3. The second-order valence-corrected chi connectivity index (χ2v) is 9.34. The van der Waals surface area contributed by atoms with E-state index in [0.717, 1.165) is 38.5 Å². The van der Waals surface area contributed by atoms with Gasteiger partial charge in [0.2, 0.25) is 0 Å². The van der Waals surface area contributed by atoms with E-state index >= 15 is 0 Å². The van der Waals surface area contributed by atoms with Gasteiger partial charge in [-0.3, -0.25) is 9.59 Å². The van der Waals surface area contributed by atoms with E-state index in [2.05, 4.69) is 13.8 Å². The largest absolute Gasteiger partial charge is 0.393 e. The molecule has 3 saturated carbocycles. The van der Waals surface area contributed by atoms with Crippen LogP contribution in [0.15, 0.2) is 11.6 Å². The van der Waals surface area contributed by atoms with Crippen molar-refractivity contribution in [3.63, 3.8) is 0 Å². The minimum Gasteiger partial charge on any atom is -0.393 e. The van der Waals surface area contributed by atoms with Crippen molar-refractivity contribution in [3.8, 4) is 0 Å². The van der Waals surface area contributed by atoms with Gasteiger partial charge in [-0.25, -0.2) is 0 Å². The molecule has 3 fully saturated rings. The maximum absolute atomic E-state index is 12.3. The summed E-state index contributed by atoms with van der Waals surface area (Å²) in [5.74, 6) is 1.20. The molecule has 2 N–H and O–H groups in total. The van der Waals surface area contributed by atoms with Gasteiger partial charge in [-0.05, 0) is 67.8 Å². The fourth-order valence-electron chi connectivity index (χ4n) is 7.16. The lowest BCUT2D eigenvalue weighted by Crippen LogP contribution is -2.57. The Kier molecular flexibility index (Phi) is 4.01. The van der Waals surface area contributed by atoms with Gasteiger partial charge in [0.1, 0.15) is 6.61 Å². The van der Waals surface area contributed by atoms with Gasteiger partial charge >= 0.3 is 0 Å². The number of hydrogen-bond donors (Lipinski definition) is 2. The SMILES string of the molecule is C[C@]12[C@H](O)C[C@H]3[C@@H](CCC4=CC(=O)CC[C@@]43C)[C@@H]1CC[C@@H]2C(=O)CO. The number of fused-ring (bicyclic) bond motifs is 5. The Morgan fingerprint density at radius 2 is 1.96 bits per heavy atom. The number of aliphatic hydroxyl groups excluding tert-OH is 2. The Hall–Kier alpha value is -1.00. The van der Waals surface area contributed by atoms with E-state index in [1.54, 1.807) is 0 Å². The first-order chi connectivity index (χ1) is 11.8. The number of ketones is 2. The van der Waals surface area contributed by atoms with Crippen molar-refractivity contribution in [2.75, 3.05) is 6.61 Å². The molecule has 0 spiro atoms. The number of hydrogen-bond acceptors (Lipinski definition) is 4. The molecule has 0 aromatic heterocycles. The number of rotatable bonds is 2. The Morgan fingerprint density at radius 3 is 2.68 bits per heavy atom. The first-order valence-electron chi connectivity index (χ1n) is 9.88. The third-order valence-corrected chi connectivity index (χ3v) is 8.61. The minimum absolute atomic E-state index is 0.0260. The average molecular weight is 346 g/mol. The predicted octanol–water partition coefficient (Wildman–Crippen LogP) is 2.67. The zero-order chi connectivity index (χ0) is 18.0. The van der Waals surface area contributed by atoms with Crippen molar-refractivity contribution in [3.05, 3.63) is 11.6 Å². The number of Topliss-reactive ketones (excluding diaryl/α,β-unsaturated/α-hetero) is 1. The summed E-state index contributed by atoms with van der Waals surface area (Å²) in [4.78, 5) is 24.2. The minimum atomic E-state index is -0.504. The Labute approximate surface area is 149 Å². The molecule has 0 bridgehead atoms. The van der Waals surface area contributed by atoms with Crippen molar-refractivity contribution in [2.24, 2.45) is 34.5 Å². The van der Waals surface area contributed by atoms with E-state index in [-0.39, 0.29) is 22.9 Å². The third kappa shape index (κ3) is 2.26. The highest BCUT2D eigenvalue weighted by molar-refractivity contribution is 5.91. The predicted molar refractivity (Wildman–Crippen MR) is 93.7 cm³/mol. The van der Waals surface area contributed by atoms with Gasteiger partial charge in [0.15, 0.2) is 11.6 Å². The lowest BCUT2D eigenvalue weighted by Gasteiger charge is -2.59. The summed E-state index contributed by atoms with van der Waals surface area (Å²) in [6, 6.07) is 0. The van der Waals surface area contributed by atoms with Gasteiger partial charge in [-0.2, -0.15) is 0 Å². The Balaban J connectivity index is 1.70. The number of carbonyl (C=O) groups is 2. The maximum Gasteiger partial charge on any atom is 0.161 e. The van der Waals surface area contributed by atoms with Gasteiger partial charge in [0.05, 0.1) is 6.10 Å². The van der Waals surface area contributed by atoms with Crippen LogP contribution in [-0.2, 0) is 9.59 Å². The molecule has 138 valence electrons. The van der Waals surface area contributed by atoms with Crippen molar-refractivity contribution >= 4 is 11.6 Å². The fourth-order valence-corrected chi connectivity index (χ4v) is 7.16. The molecule has 0 aromatic carbocycles. The molecule has 4 aliphatic carbocycles. The monoisotopic (exact) mass is 346 g/mol. The molecule has 4 aliphatic rings. The van der Waals surface area contributed by atoms with Crippen molar-refractivity contribution in [1.82, 2.24) is 0 Å². The first-order valence-corrected chi connectivity index (χ1v) is 9.88. The molecule has 4 heteroatoms. The number of allylic oxidation sites excluding steroid dienone is 1. The van der Waals surface area contributed by atoms with Crippen LogP contribution in [0.1, 0.15) is 58.8 Å². The molecular weight excluding hydrogens is 316 g/mol. The molecule has 25 heavy (non-hydrogen) atoms. The summed E-state index contributed by atoms with van der Waals surface area (Å²) >= 11 is 0. The Bertz CT molecular complexity index is 638. The molecular formula is C21H30O4. The zero-order valence-electron chi connectivity index (χ0n) is 15.3. The maximum atomic E-state index is 12.3.